The summed E-state index contributed by atoms with van der Waals surface area (Å²) in [6.07, 6.45) is 5.59. The maximum Gasteiger partial charge on any atom is 1.00 e. The van der Waals surface area contributed by atoms with Crippen molar-refractivity contribution in [3.63, 3.8) is 0 Å². The summed E-state index contributed by atoms with van der Waals surface area (Å²) in [7, 11) is 0. The number of nitrogens with zero attached hydrogens (tertiary/aromatic N) is 1. The number of para-hydroxylation sites is 2. The molecule has 0 aliphatic carbocycles. The van der Waals surface area contributed by atoms with Gasteiger partial charge < -0.3 is 22.2 Å². The molecule has 0 saturated heterocycles. The molecule has 5 nitrogen and oxygen atoms in total. The Labute approximate surface area is 275 Å². The van der Waals surface area contributed by atoms with Gasteiger partial charge in [-0.25, -0.2) is 0 Å². The van der Waals surface area contributed by atoms with E-state index in [4.69, 9.17) is 15.8 Å². The molecule has 0 aliphatic rings. The van der Waals surface area contributed by atoms with Crippen molar-refractivity contribution in [1.82, 2.24) is 0 Å². The number of hydrogen-bond acceptors (Lipinski definition) is 5. The molecule has 0 radical (unpaired) electrons. The molecule has 0 fully saturated rings. The van der Waals surface area contributed by atoms with Crippen molar-refractivity contribution in [2.45, 2.75) is 0 Å². The summed E-state index contributed by atoms with van der Waals surface area (Å²) in [6.45, 7) is 12.4. The molecule has 8 heteroatoms. The first-order valence-electron chi connectivity index (χ1n) is 8.32. The number of halogens is 1. The summed E-state index contributed by atoms with van der Waals surface area (Å²) in [4.78, 5) is 13.5. The number of anilines is 2. The quantitative estimate of drug-likeness (QED) is 0.0880. The molecule has 0 spiro atoms. The van der Waals surface area contributed by atoms with Crippen LogP contribution in [0.15, 0.2) is 98.6 Å². The summed E-state index contributed by atoms with van der Waals surface area (Å²) < 4.78 is 0. The minimum Gasteiger partial charge on any atom is -1.00 e. The molecule has 0 saturated carbocycles. The van der Waals surface area contributed by atoms with Gasteiger partial charge in [-0.05, 0) is 24.3 Å². The number of carbonyl (C=O) groups is 1. The van der Waals surface area contributed by atoms with Crippen molar-refractivity contribution in [2.24, 2.45) is 0 Å². The van der Waals surface area contributed by atoms with E-state index < -0.39 is 0 Å². The van der Waals surface area contributed by atoms with Gasteiger partial charge in [0.25, 0.3) is 6.47 Å². The number of alkyl halides is 1. The van der Waals surface area contributed by atoms with Crippen LogP contribution in [0, 0.1) is 0 Å². The van der Waals surface area contributed by atoms with Crippen LogP contribution in [-0.2, 0) is 9.68 Å². The Morgan fingerprint density at radius 2 is 1.30 bits per heavy atom. The maximum absolute atomic E-state index is 8.64. The van der Waals surface area contributed by atoms with Gasteiger partial charge in [0.2, 0.25) is 0 Å². The van der Waals surface area contributed by atoms with Crippen LogP contribution in [0.3, 0.4) is 0 Å². The monoisotopic (exact) mass is 526 g/mol. The van der Waals surface area contributed by atoms with Crippen molar-refractivity contribution in [3.8, 4) is 0 Å². The van der Waals surface area contributed by atoms with E-state index in [1.54, 1.807) is 6.08 Å². The van der Waals surface area contributed by atoms with E-state index in [9.17, 15) is 0 Å². The van der Waals surface area contributed by atoms with Gasteiger partial charge in [-0.1, -0.05) is 70.6 Å². The normalized spacial score (nSPS) is 7.53. The standard InChI is InChI=1S/C12H15N.C6H7N.C3H5Br.CH2O3.2K.H/c1-3-10-13(11-4-2)12-8-6-5-7-9-12;7-6-4-2-1-3-5-6;1-2-3-4;2-1-4-3;;;/h3-9H,1-2,10-11H2;1-5H,7H2;2H,1,3H2;1,3H;;;/q;;;;2*+1;-1/p-1. The van der Waals surface area contributed by atoms with Crippen LogP contribution in [0.25, 0.3) is 0 Å². The molecule has 0 aliphatic heterocycles. The fraction of sp³-hybridized carbons (Fsp3) is 0.136. The number of hydrogen-bond donors (Lipinski definition) is 1. The molecule has 154 valence electrons. The van der Waals surface area contributed by atoms with Crippen LogP contribution in [0.5, 0.6) is 0 Å². The van der Waals surface area contributed by atoms with Crippen LogP contribution in [-0.4, -0.2) is 24.9 Å². The third-order valence-electron chi connectivity index (χ3n) is 2.77. The van der Waals surface area contributed by atoms with Gasteiger partial charge >= 0.3 is 103 Å². The number of allylic oxidation sites excluding steroid dienone is 1. The Hall–Kier alpha value is 0.443. The summed E-state index contributed by atoms with van der Waals surface area (Å²) in [5.41, 5.74) is 7.39. The zero-order chi connectivity index (χ0) is 21.5. The largest absolute Gasteiger partial charge is 1.00 e. The third-order valence-corrected chi connectivity index (χ3v) is 3.23. The Morgan fingerprint density at radius 1 is 0.933 bits per heavy atom. The predicted octanol–water partition coefficient (Wildman–Crippen LogP) is -1.74. The van der Waals surface area contributed by atoms with E-state index in [2.05, 4.69) is 57.6 Å². The second-order valence-corrected chi connectivity index (χ2v) is 5.51. The van der Waals surface area contributed by atoms with Gasteiger partial charge in [0.05, 0.1) is 0 Å². The van der Waals surface area contributed by atoms with E-state index in [1.807, 2.05) is 60.7 Å². The van der Waals surface area contributed by atoms with E-state index in [0.29, 0.717) is 0 Å². The van der Waals surface area contributed by atoms with Gasteiger partial charge in [-0.3, -0.25) is 4.79 Å². The van der Waals surface area contributed by atoms with Gasteiger partial charge in [-0.15, -0.1) is 19.7 Å². The Kier molecular flexibility index (Phi) is 39.8. The molecule has 0 unspecified atom stereocenters. The van der Waals surface area contributed by atoms with Crippen molar-refractivity contribution < 1.29 is 119 Å². The first-order chi connectivity index (χ1) is 13.6. The van der Waals surface area contributed by atoms with Gasteiger partial charge in [0.1, 0.15) is 0 Å². The number of rotatable bonds is 7. The van der Waals surface area contributed by atoms with E-state index >= 15 is 0 Å². The fourth-order valence-electron chi connectivity index (χ4n) is 1.69. The second kappa shape index (κ2) is 31.6. The summed E-state index contributed by atoms with van der Waals surface area (Å²) in [5.74, 6) is 0. The van der Waals surface area contributed by atoms with E-state index in [1.165, 1.54) is 5.69 Å². The van der Waals surface area contributed by atoms with Crippen molar-refractivity contribution in [3.05, 3.63) is 98.6 Å². The molecule has 0 amide bonds. The molecule has 0 aromatic heterocycles. The predicted molar refractivity (Wildman–Crippen MR) is 122 cm³/mol. The van der Waals surface area contributed by atoms with Crippen LogP contribution in [0.1, 0.15) is 1.43 Å². The summed E-state index contributed by atoms with van der Waals surface area (Å²) >= 11 is 3.13. The first kappa shape index (κ1) is 37.7. The average molecular weight is 528 g/mol. The van der Waals surface area contributed by atoms with Crippen molar-refractivity contribution in [1.29, 1.82) is 0 Å². The van der Waals surface area contributed by atoms with Crippen molar-refractivity contribution >= 4 is 33.8 Å². The van der Waals surface area contributed by atoms with Crippen molar-refractivity contribution in [2.75, 3.05) is 29.1 Å². The maximum atomic E-state index is 8.64. The van der Waals surface area contributed by atoms with Crippen LogP contribution < -0.4 is 119 Å². The molecule has 0 atom stereocenters. The van der Waals surface area contributed by atoms with Crippen LogP contribution in [0.4, 0.5) is 11.4 Å². The number of nitrogen functional groups attached to an aromatic ring is 1. The molecule has 2 aromatic rings. The van der Waals surface area contributed by atoms with Gasteiger partial charge in [0.15, 0.2) is 0 Å². The molecule has 30 heavy (non-hydrogen) atoms. The van der Waals surface area contributed by atoms with Gasteiger partial charge in [-0.2, -0.15) is 0 Å². The average Bonchev–Trinajstić information content (AvgIpc) is 2.75. The fourth-order valence-corrected chi connectivity index (χ4v) is 1.69. The number of carbonyl (C=O) groups excluding carboxylic acids is 1. The number of nitrogens with two attached hydrogens (primary N) is 1. The molecule has 0 heterocycles. The minimum absolute atomic E-state index is 0. The SMILES string of the molecule is C=CCBr.C=CCN(CC=C)c1ccccc1.Nc1ccccc1.O=CO[O-].[H-].[K+].[K+]. The first-order valence-corrected chi connectivity index (χ1v) is 9.44. The second-order valence-electron chi connectivity index (χ2n) is 4.86. The molecule has 0 bridgehead atoms. The zero-order valence-electron chi connectivity index (χ0n) is 19.0. The summed E-state index contributed by atoms with van der Waals surface area (Å²) in [5, 5.41) is 9.33. The number of benzene rings is 2. The van der Waals surface area contributed by atoms with Crippen LogP contribution >= 0.6 is 15.9 Å². The zero-order valence-corrected chi connectivity index (χ0v) is 25.8. The topological polar surface area (TPSA) is 78.6 Å². The molecule has 2 N–H and O–H groups in total. The Balaban J connectivity index is -0.000000107. The Morgan fingerprint density at radius 3 is 1.53 bits per heavy atom. The minimum atomic E-state index is -0.181. The Bertz CT molecular complexity index is 621. The van der Waals surface area contributed by atoms with Gasteiger partial charge in [0, 0.05) is 29.8 Å². The molecule has 2 rings (SSSR count). The van der Waals surface area contributed by atoms with E-state index in [-0.39, 0.29) is 111 Å². The third kappa shape index (κ3) is 26.5. The summed E-state index contributed by atoms with van der Waals surface area (Å²) in [6, 6.07) is 19.8. The molecular formula is C22H29BrK2N2O3. The van der Waals surface area contributed by atoms with E-state index in [0.717, 1.165) is 24.1 Å². The van der Waals surface area contributed by atoms with Crippen LogP contribution in [0.2, 0.25) is 0 Å². The molecule has 2 aromatic carbocycles. The smallest absolute Gasteiger partial charge is 1.00 e. The molecular weight excluding hydrogens is 498 g/mol.